The molecule has 0 aliphatic carbocycles. The highest BCUT2D eigenvalue weighted by molar-refractivity contribution is 6.35. The zero-order valence-corrected chi connectivity index (χ0v) is 11.9. The fourth-order valence-electron chi connectivity index (χ4n) is 2.01. The number of benzene rings is 2. The van der Waals surface area contributed by atoms with Crippen LogP contribution in [0.15, 0.2) is 48.7 Å². The van der Waals surface area contributed by atoms with Crippen LogP contribution >= 0.6 is 23.2 Å². The predicted octanol–water partition coefficient (Wildman–Crippen LogP) is 4.87. The Morgan fingerprint density at radius 2 is 1.65 bits per heavy atom. The van der Waals surface area contributed by atoms with Gasteiger partial charge in [0.15, 0.2) is 0 Å². The van der Waals surface area contributed by atoms with Gasteiger partial charge in [-0.25, -0.2) is 0 Å². The number of pyridine rings is 1. The summed E-state index contributed by atoms with van der Waals surface area (Å²) in [5, 5.41) is 5.43. The molecule has 1 heterocycles. The van der Waals surface area contributed by atoms with Crippen LogP contribution in [0.4, 0.5) is 17.1 Å². The Balaban J connectivity index is 1.96. The molecule has 3 rings (SSSR count). The van der Waals surface area contributed by atoms with E-state index in [0.29, 0.717) is 15.7 Å². The molecule has 0 saturated heterocycles. The van der Waals surface area contributed by atoms with E-state index in [1.54, 1.807) is 12.3 Å². The number of nitrogen functional groups attached to an aromatic ring is 1. The topological polar surface area (TPSA) is 50.9 Å². The normalized spacial score (nSPS) is 10.7. The summed E-state index contributed by atoms with van der Waals surface area (Å²) >= 11 is 12.0. The summed E-state index contributed by atoms with van der Waals surface area (Å²) in [6.45, 7) is 0. The number of nitrogens with zero attached hydrogens (tertiary/aromatic N) is 1. The molecule has 0 aliphatic rings. The van der Waals surface area contributed by atoms with Crippen molar-refractivity contribution in [1.82, 2.24) is 4.98 Å². The molecule has 0 amide bonds. The van der Waals surface area contributed by atoms with Crippen molar-refractivity contribution in [3.63, 3.8) is 0 Å². The maximum absolute atomic E-state index is 5.98. The minimum atomic E-state index is 0.590. The highest BCUT2D eigenvalue weighted by atomic mass is 35.5. The largest absolute Gasteiger partial charge is 0.397 e. The van der Waals surface area contributed by atoms with Crippen molar-refractivity contribution in [2.75, 3.05) is 11.1 Å². The Labute approximate surface area is 126 Å². The van der Waals surface area contributed by atoms with Gasteiger partial charge in [-0.05, 0) is 36.4 Å². The van der Waals surface area contributed by atoms with Crippen LogP contribution in [-0.4, -0.2) is 4.98 Å². The lowest BCUT2D eigenvalue weighted by Crippen LogP contribution is -1.92. The van der Waals surface area contributed by atoms with Gasteiger partial charge in [-0.3, -0.25) is 4.98 Å². The summed E-state index contributed by atoms with van der Waals surface area (Å²) in [5.41, 5.74) is 8.98. The molecular weight excluding hydrogens is 293 g/mol. The minimum absolute atomic E-state index is 0.590. The monoisotopic (exact) mass is 303 g/mol. The summed E-state index contributed by atoms with van der Waals surface area (Å²) in [7, 11) is 0. The second kappa shape index (κ2) is 5.19. The van der Waals surface area contributed by atoms with Crippen molar-refractivity contribution in [1.29, 1.82) is 0 Å². The van der Waals surface area contributed by atoms with Crippen LogP contribution < -0.4 is 11.1 Å². The van der Waals surface area contributed by atoms with E-state index in [-0.39, 0.29) is 0 Å². The van der Waals surface area contributed by atoms with Crippen molar-refractivity contribution in [3.8, 4) is 0 Å². The van der Waals surface area contributed by atoms with Gasteiger partial charge in [0.25, 0.3) is 0 Å². The third-order valence-electron chi connectivity index (χ3n) is 2.86. The second-order valence-corrected chi connectivity index (χ2v) is 5.33. The van der Waals surface area contributed by atoms with Crippen LogP contribution in [0.25, 0.3) is 10.9 Å². The van der Waals surface area contributed by atoms with Gasteiger partial charge in [-0.1, -0.05) is 29.3 Å². The number of aromatic nitrogens is 1. The molecule has 0 fully saturated rings. The van der Waals surface area contributed by atoms with E-state index in [4.69, 9.17) is 28.9 Å². The maximum atomic E-state index is 5.98. The summed E-state index contributed by atoms with van der Waals surface area (Å²) in [6, 6.07) is 13.1. The van der Waals surface area contributed by atoms with Crippen LogP contribution in [0.5, 0.6) is 0 Å². The van der Waals surface area contributed by atoms with Gasteiger partial charge in [0.05, 0.1) is 17.4 Å². The average Bonchev–Trinajstić information content (AvgIpc) is 2.38. The molecule has 0 bridgehead atoms. The zero-order valence-electron chi connectivity index (χ0n) is 10.4. The summed E-state index contributed by atoms with van der Waals surface area (Å²) in [6.07, 6.45) is 1.64. The fraction of sp³-hybridized carbons (Fsp3) is 0. The Bertz CT molecular complexity index is 767. The van der Waals surface area contributed by atoms with E-state index in [2.05, 4.69) is 10.3 Å². The number of rotatable bonds is 2. The van der Waals surface area contributed by atoms with Crippen molar-refractivity contribution in [2.24, 2.45) is 0 Å². The second-order valence-electron chi connectivity index (χ2n) is 4.46. The molecule has 0 atom stereocenters. The molecule has 3 N–H and O–H groups in total. The molecule has 0 aliphatic heterocycles. The first-order valence-electron chi connectivity index (χ1n) is 5.98. The minimum Gasteiger partial charge on any atom is -0.397 e. The Morgan fingerprint density at radius 1 is 0.900 bits per heavy atom. The molecule has 3 nitrogen and oxygen atoms in total. The van der Waals surface area contributed by atoms with E-state index in [1.807, 2.05) is 36.4 Å². The van der Waals surface area contributed by atoms with E-state index in [9.17, 15) is 0 Å². The lowest BCUT2D eigenvalue weighted by Gasteiger charge is -2.08. The first-order valence-corrected chi connectivity index (χ1v) is 6.74. The third kappa shape index (κ3) is 2.79. The Morgan fingerprint density at radius 3 is 2.40 bits per heavy atom. The van der Waals surface area contributed by atoms with E-state index in [0.717, 1.165) is 22.3 Å². The standard InChI is InChI=1S/C15H11Cl2N3/c16-10-4-11(17)6-14(5-10)20-13-2-1-9-3-12(18)8-19-15(9)7-13/h1-8,20H,18H2. The molecule has 2 aromatic carbocycles. The lowest BCUT2D eigenvalue weighted by atomic mass is 10.2. The number of nitrogens with two attached hydrogens (primary N) is 1. The molecule has 0 unspecified atom stereocenters. The number of nitrogens with one attached hydrogen (secondary N) is 1. The van der Waals surface area contributed by atoms with Crippen LogP contribution in [0.1, 0.15) is 0 Å². The van der Waals surface area contributed by atoms with Crippen molar-refractivity contribution in [3.05, 3.63) is 58.7 Å². The molecular formula is C15H11Cl2N3. The summed E-state index contributed by atoms with van der Waals surface area (Å²) < 4.78 is 0. The number of halogens is 2. The molecule has 3 aromatic rings. The van der Waals surface area contributed by atoms with E-state index in [1.165, 1.54) is 0 Å². The van der Waals surface area contributed by atoms with Crippen LogP contribution in [-0.2, 0) is 0 Å². The van der Waals surface area contributed by atoms with E-state index < -0.39 is 0 Å². The van der Waals surface area contributed by atoms with E-state index >= 15 is 0 Å². The van der Waals surface area contributed by atoms with Gasteiger partial charge in [0.2, 0.25) is 0 Å². The first kappa shape index (κ1) is 13.0. The molecule has 5 heteroatoms. The van der Waals surface area contributed by atoms with Crippen molar-refractivity contribution in [2.45, 2.75) is 0 Å². The average molecular weight is 304 g/mol. The Kier molecular flexibility index (Phi) is 3.38. The van der Waals surface area contributed by atoms with Crippen LogP contribution in [0.2, 0.25) is 10.0 Å². The number of anilines is 3. The van der Waals surface area contributed by atoms with Gasteiger partial charge < -0.3 is 11.1 Å². The maximum Gasteiger partial charge on any atom is 0.0724 e. The molecule has 0 saturated carbocycles. The highest BCUT2D eigenvalue weighted by Crippen LogP contribution is 2.26. The zero-order chi connectivity index (χ0) is 14.1. The van der Waals surface area contributed by atoms with Crippen LogP contribution in [0, 0.1) is 0 Å². The molecule has 100 valence electrons. The molecule has 20 heavy (non-hydrogen) atoms. The predicted molar refractivity (Wildman–Crippen MR) is 85.9 cm³/mol. The van der Waals surface area contributed by atoms with Crippen molar-refractivity contribution >= 4 is 51.2 Å². The van der Waals surface area contributed by atoms with Gasteiger partial charge in [-0.15, -0.1) is 0 Å². The van der Waals surface area contributed by atoms with Gasteiger partial charge >= 0.3 is 0 Å². The SMILES string of the molecule is Nc1cnc2cc(Nc3cc(Cl)cc(Cl)c3)ccc2c1. The number of hydrogen-bond acceptors (Lipinski definition) is 3. The van der Waals surface area contributed by atoms with Crippen LogP contribution in [0.3, 0.4) is 0 Å². The quantitative estimate of drug-likeness (QED) is 0.710. The van der Waals surface area contributed by atoms with Crippen molar-refractivity contribution < 1.29 is 0 Å². The van der Waals surface area contributed by atoms with Gasteiger partial charge in [-0.2, -0.15) is 0 Å². The van der Waals surface area contributed by atoms with Gasteiger partial charge in [0.1, 0.15) is 0 Å². The number of hydrogen-bond donors (Lipinski definition) is 2. The lowest BCUT2D eigenvalue weighted by molar-refractivity contribution is 1.41. The molecule has 1 aromatic heterocycles. The molecule has 0 radical (unpaired) electrons. The number of fused-ring (bicyclic) bond motifs is 1. The smallest absolute Gasteiger partial charge is 0.0724 e. The molecule has 0 spiro atoms. The van der Waals surface area contributed by atoms with Gasteiger partial charge in [0, 0.05) is 26.8 Å². The summed E-state index contributed by atoms with van der Waals surface area (Å²) in [5.74, 6) is 0. The third-order valence-corrected chi connectivity index (χ3v) is 3.29. The first-order chi connectivity index (χ1) is 9.60. The Hall–Kier alpha value is -1.97. The fourth-order valence-corrected chi connectivity index (χ4v) is 2.53. The summed E-state index contributed by atoms with van der Waals surface area (Å²) in [4.78, 5) is 4.30. The highest BCUT2D eigenvalue weighted by Gasteiger charge is 2.01.